The van der Waals surface area contributed by atoms with Gasteiger partial charge in [0.2, 0.25) is 0 Å². The molecule has 0 fully saturated rings. The lowest BCUT2D eigenvalue weighted by atomic mass is 10.0. The Morgan fingerprint density at radius 1 is 1.24 bits per heavy atom. The maximum atomic E-state index is 12.3. The topological polar surface area (TPSA) is 90.9 Å². The Balaban J connectivity index is 2.17. The quantitative estimate of drug-likeness (QED) is 0.418. The Kier molecular flexibility index (Phi) is 6.04. The van der Waals surface area contributed by atoms with Crippen LogP contribution in [0.2, 0.25) is 5.02 Å². The third-order valence-electron chi connectivity index (χ3n) is 3.56. The minimum atomic E-state index is -0.552. The van der Waals surface area contributed by atoms with Gasteiger partial charge in [0.25, 0.3) is 5.91 Å². The summed E-state index contributed by atoms with van der Waals surface area (Å²) in [6.45, 7) is 4.15. The van der Waals surface area contributed by atoms with Crippen LogP contribution >= 0.6 is 11.6 Å². The summed E-state index contributed by atoms with van der Waals surface area (Å²) in [6, 6.07) is 14.4. The van der Waals surface area contributed by atoms with Crippen molar-refractivity contribution in [3.63, 3.8) is 0 Å². The molecule has 0 bridgehead atoms. The van der Waals surface area contributed by atoms with Crippen LogP contribution in [0.5, 0.6) is 0 Å². The van der Waals surface area contributed by atoms with Gasteiger partial charge in [-0.3, -0.25) is 4.79 Å². The Morgan fingerprint density at radius 3 is 2.60 bits per heavy atom. The van der Waals surface area contributed by atoms with E-state index < -0.39 is 5.91 Å². The van der Waals surface area contributed by atoms with Crippen LogP contribution in [0.4, 0.5) is 17.1 Å². The van der Waals surface area contributed by atoms with Crippen LogP contribution < -0.4 is 16.4 Å². The molecule has 2 aromatic rings. The van der Waals surface area contributed by atoms with E-state index in [1.165, 1.54) is 12.3 Å². The maximum Gasteiger partial charge on any atom is 0.267 e. The first-order valence-electron chi connectivity index (χ1n) is 7.74. The molecule has 0 aromatic heterocycles. The zero-order valence-electron chi connectivity index (χ0n) is 14.0. The van der Waals surface area contributed by atoms with Crippen molar-refractivity contribution >= 4 is 34.6 Å². The summed E-state index contributed by atoms with van der Waals surface area (Å²) in [6.07, 6.45) is 1.39. The number of nitrogens with two attached hydrogens (primary N) is 1. The number of rotatable bonds is 5. The largest absolute Gasteiger partial charge is 0.399 e. The number of benzene rings is 2. The molecule has 5 nitrogen and oxygen atoms in total. The van der Waals surface area contributed by atoms with E-state index in [9.17, 15) is 10.1 Å². The standard InChI is InChI=1S/C19H19ClN4O/c1-12(2)15-5-3-4-6-17(15)23-11-13(10-21)19(25)24-18-8-7-14(22)9-16(18)20/h3-9,11-12,23H,22H2,1-2H3,(H,24,25)/b13-11-. The van der Waals surface area contributed by atoms with Gasteiger partial charge in [-0.1, -0.05) is 43.6 Å². The second-order valence-corrected chi connectivity index (χ2v) is 6.16. The van der Waals surface area contributed by atoms with Crippen LogP contribution in [-0.4, -0.2) is 5.91 Å². The van der Waals surface area contributed by atoms with E-state index in [0.29, 0.717) is 22.3 Å². The Hall–Kier alpha value is -2.97. The number of hydrogen-bond acceptors (Lipinski definition) is 4. The van der Waals surface area contributed by atoms with Gasteiger partial charge in [-0.2, -0.15) is 5.26 Å². The number of halogens is 1. The van der Waals surface area contributed by atoms with Gasteiger partial charge in [-0.05, 0) is 35.7 Å². The number of anilines is 3. The van der Waals surface area contributed by atoms with Crippen molar-refractivity contribution in [3.8, 4) is 6.07 Å². The van der Waals surface area contributed by atoms with Gasteiger partial charge >= 0.3 is 0 Å². The molecule has 2 rings (SSSR count). The van der Waals surface area contributed by atoms with Gasteiger partial charge in [-0.15, -0.1) is 0 Å². The fourth-order valence-corrected chi connectivity index (χ4v) is 2.49. The molecule has 0 saturated carbocycles. The summed E-state index contributed by atoms with van der Waals surface area (Å²) >= 11 is 6.04. The lowest BCUT2D eigenvalue weighted by molar-refractivity contribution is -0.112. The summed E-state index contributed by atoms with van der Waals surface area (Å²) in [5, 5.41) is 15.2. The number of nitrogens with zero attached hydrogens (tertiary/aromatic N) is 1. The van der Waals surface area contributed by atoms with Crippen LogP contribution in [-0.2, 0) is 4.79 Å². The lowest BCUT2D eigenvalue weighted by Gasteiger charge is -2.12. The minimum Gasteiger partial charge on any atom is -0.399 e. The summed E-state index contributed by atoms with van der Waals surface area (Å²) in [7, 11) is 0. The van der Waals surface area contributed by atoms with Gasteiger partial charge in [0.05, 0.1) is 10.7 Å². The predicted molar refractivity (Wildman–Crippen MR) is 102 cm³/mol. The number of hydrogen-bond donors (Lipinski definition) is 3. The molecule has 0 heterocycles. The first kappa shape index (κ1) is 18.4. The van der Waals surface area contributed by atoms with Crippen LogP contribution in [0.1, 0.15) is 25.3 Å². The molecule has 1 amide bonds. The number of nitrogen functional groups attached to an aromatic ring is 1. The summed E-state index contributed by atoms with van der Waals surface area (Å²) < 4.78 is 0. The molecule has 128 valence electrons. The molecule has 0 aliphatic rings. The summed E-state index contributed by atoms with van der Waals surface area (Å²) in [4.78, 5) is 12.3. The van der Waals surface area contributed by atoms with E-state index in [2.05, 4.69) is 24.5 Å². The Morgan fingerprint density at radius 2 is 1.96 bits per heavy atom. The van der Waals surface area contributed by atoms with E-state index in [0.717, 1.165) is 11.3 Å². The molecular weight excluding hydrogens is 336 g/mol. The maximum absolute atomic E-state index is 12.3. The fourth-order valence-electron chi connectivity index (χ4n) is 2.25. The van der Waals surface area contributed by atoms with Gasteiger partial charge in [-0.25, -0.2) is 0 Å². The molecule has 0 atom stereocenters. The van der Waals surface area contributed by atoms with E-state index >= 15 is 0 Å². The first-order valence-corrected chi connectivity index (χ1v) is 8.12. The highest BCUT2D eigenvalue weighted by Gasteiger charge is 2.12. The second kappa shape index (κ2) is 8.22. The Bertz CT molecular complexity index is 853. The molecule has 0 saturated heterocycles. The number of carbonyl (C=O) groups excluding carboxylic acids is 1. The lowest BCUT2D eigenvalue weighted by Crippen LogP contribution is -2.15. The number of para-hydroxylation sites is 1. The van der Waals surface area contributed by atoms with E-state index in [1.807, 2.05) is 30.3 Å². The Labute approximate surface area is 152 Å². The van der Waals surface area contributed by atoms with Gasteiger partial charge in [0.15, 0.2) is 0 Å². The van der Waals surface area contributed by atoms with Crippen LogP contribution in [0.25, 0.3) is 0 Å². The fraction of sp³-hybridized carbons (Fsp3) is 0.158. The van der Waals surface area contributed by atoms with E-state index in [1.54, 1.807) is 12.1 Å². The average molecular weight is 355 g/mol. The SMILES string of the molecule is CC(C)c1ccccc1N/C=C(/C#N)C(=O)Nc1ccc(N)cc1Cl. The molecule has 0 radical (unpaired) electrons. The van der Waals surface area contributed by atoms with Crippen molar-refractivity contribution in [2.75, 3.05) is 16.4 Å². The summed E-state index contributed by atoms with van der Waals surface area (Å²) in [5.41, 5.74) is 8.39. The number of nitriles is 1. The van der Waals surface area contributed by atoms with Gasteiger partial charge in [0.1, 0.15) is 11.6 Å². The van der Waals surface area contributed by atoms with Crippen molar-refractivity contribution in [1.29, 1.82) is 5.26 Å². The number of amides is 1. The second-order valence-electron chi connectivity index (χ2n) is 5.75. The highest BCUT2D eigenvalue weighted by atomic mass is 35.5. The molecule has 0 unspecified atom stereocenters. The molecule has 0 aliphatic heterocycles. The molecule has 0 spiro atoms. The van der Waals surface area contributed by atoms with Crippen LogP contribution in [0.15, 0.2) is 54.2 Å². The smallest absolute Gasteiger partial charge is 0.267 e. The van der Waals surface area contributed by atoms with Crippen molar-refractivity contribution in [3.05, 3.63) is 64.8 Å². The molecule has 0 aliphatic carbocycles. The summed E-state index contributed by atoms with van der Waals surface area (Å²) in [5.74, 6) is -0.242. The normalized spacial score (nSPS) is 11.1. The zero-order chi connectivity index (χ0) is 18.4. The third kappa shape index (κ3) is 4.75. The molecule has 4 N–H and O–H groups in total. The third-order valence-corrected chi connectivity index (χ3v) is 3.87. The molecule has 6 heteroatoms. The molecule has 2 aromatic carbocycles. The van der Waals surface area contributed by atoms with Gasteiger partial charge in [0, 0.05) is 17.6 Å². The number of nitrogens with one attached hydrogen (secondary N) is 2. The highest BCUT2D eigenvalue weighted by molar-refractivity contribution is 6.34. The van der Waals surface area contributed by atoms with Crippen molar-refractivity contribution in [2.45, 2.75) is 19.8 Å². The number of carbonyl (C=O) groups is 1. The van der Waals surface area contributed by atoms with Gasteiger partial charge < -0.3 is 16.4 Å². The first-order chi connectivity index (χ1) is 11.9. The monoisotopic (exact) mass is 354 g/mol. The van der Waals surface area contributed by atoms with Crippen molar-refractivity contribution in [1.82, 2.24) is 0 Å². The highest BCUT2D eigenvalue weighted by Crippen LogP contribution is 2.25. The van der Waals surface area contributed by atoms with E-state index in [4.69, 9.17) is 17.3 Å². The molecule has 25 heavy (non-hydrogen) atoms. The van der Waals surface area contributed by atoms with Crippen molar-refractivity contribution < 1.29 is 4.79 Å². The van der Waals surface area contributed by atoms with Crippen LogP contribution in [0, 0.1) is 11.3 Å². The average Bonchev–Trinajstić information content (AvgIpc) is 2.58. The minimum absolute atomic E-state index is 0.0635. The predicted octanol–water partition coefficient (Wildman–Crippen LogP) is 4.50. The zero-order valence-corrected chi connectivity index (χ0v) is 14.8. The van der Waals surface area contributed by atoms with Crippen molar-refractivity contribution in [2.24, 2.45) is 0 Å². The van der Waals surface area contributed by atoms with Crippen LogP contribution in [0.3, 0.4) is 0 Å². The van der Waals surface area contributed by atoms with E-state index in [-0.39, 0.29) is 5.57 Å². The molecular formula is C19H19ClN4O.